The van der Waals surface area contributed by atoms with Gasteiger partial charge in [-0.3, -0.25) is 0 Å². The highest BCUT2D eigenvalue weighted by Gasteiger charge is 2.20. The van der Waals surface area contributed by atoms with Crippen molar-refractivity contribution in [1.82, 2.24) is 10.2 Å². The van der Waals surface area contributed by atoms with Crippen LogP contribution in [0.25, 0.3) is 5.70 Å². The van der Waals surface area contributed by atoms with Gasteiger partial charge in [0.1, 0.15) is 12.4 Å². The molecule has 170 valence electrons. The molecule has 1 aromatic carbocycles. The lowest BCUT2D eigenvalue weighted by molar-refractivity contribution is -0.105. The van der Waals surface area contributed by atoms with Crippen LogP contribution in [0.15, 0.2) is 65.2 Å². The van der Waals surface area contributed by atoms with E-state index in [0.717, 1.165) is 43.5 Å². The van der Waals surface area contributed by atoms with Gasteiger partial charge in [0.15, 0.2) is 0 Å². The van der Waals surface area contributed by atoms with Crippen molar-refractivity contribution in [2.24, 2.45) is 5.73 Å². The number of aliphatic hydroxyl groups is 1. The van der Waals surface area contributed by atoms with E-state index < -0.39 is 0 Å². The Kier molecular flexibility index (Phi) is 11.1. The number of nitrogens with zero attached hydrogens (tertiary/aromatic N) is 2. The zero-order chi connectivity index (χ0) is 23.3. The second-order valence-corrected chi connectivity index (χ2v) is 8.58. The Hall–Kier alpha value is -2.50. The van der Waals surface area contributed by atoms with E-state index in [2.05, 4.69) is 22.4 Å². The molecule has 1 aromatic rings. The number of likely N-dealkylation sites (tertiary alicyclic amines) is 1. The molecule has 0 spiro atoms. The molecule has 0 bridgehead atoms. The van der Waals surface area contributed by atoms with Crippen LogP contribution in [-0.4, -0.2) is 54.3 Å². The number of thioether (sulfide) groups is 1. The van der Waals surface area contributed by atoms with E-state index in [9.17, 15) is 15.2 Å². The Labute approximate surface area is 199 Å². The molecule has 1 atom stereocenters. The SMILES string of the molecule is CNC1C=CC(C#N)=C(N2CCC(O)CC2)C=C1.N/C(=C\SCC=O)c1ccc(Cl)cc1. The molecule has 1 saturated heterocycles. The fourth-order valence-electron chi connectivity index (χ4n) is 3.19. The summed E-state index contributed by atoms with van der Waals surface area (Å²) in [6.45, 7) is 1.62. The van der Waals surface area contributed by atoms with Gasteiger partial charge in [0.2, 0.25) is 0 Å². The van der Waals surface area contributed by atoms with Gasteiger partial charge in [0.05, 0.1) is 23.1 Å². The Morgan fingerprint density at radius 1 is 1.31 bits per heavy atom. The largest absolute Gasteiger partial charge is 0.398 e. The number of halogens is 1. The van der Waals surface area contributed by atoms with Crippen LogP contribution in [0.5, 0.6) is 0 Å². The number of nitrogens with one attached hydrogen (secondary N) is 1. The molecule has 0 amide bonds. The molecule has 1 unspecified atom stereocenters. The standard InChI is InChI=1S/C14H19N3O.C10H10ClNOS/c1-16-12-3-2-11(10-15)14(5-4-12)17-8-6-13(18)7-9-17;11-9-3-1-8(2-4-9)10(12)7-14-6-5-13/h2-5,12-13,16,18H,6-9H2,1H3;1-5,7H,6,12H2/b;10-7-. The highest BCUT2D eigenvalue weighted by Crippen LogP contribution is 2.22. The van der Waals surface area contributed by atoms with Gasteiger partial charge in [0, 0.05) is 29.9 Å². The second kappa shape index (κ2) is 13.8. The number of piperidine rings is 1. The summed E-state index contributed by atoms with van der Waals surface area (Å²) in [7, 11) is 1.90. The average molecular weight is 473 g/mol. The van der Waals surface area contributed by atoms with Gasteiger partial charge >= 0.3 is 0 Å². The minimum Gasteiger partial charge on any atom is -0.398 e. The van der Waals surface area contributed by atoms with Crippen molar-refractivity contribution in [3.05, 3.63) is 75.8 Å². The zero-order valence-corrected chi connectivity index (χ0v) is 19.6. The highest BCUT2D eigenvalue weighted by atomic mass is 35.5. The maximum Gasteiger partial charge on any atom is 0.130 e. The summed E-state index contributed by atoms with van der Waals surface area (Å²) in [6.07, 6.45) is 10.1. The topological polar surface area (TPSA) is 102 Å². The van der Waals surface area contributed by atoms with Crippen LogP contribution in [0.3, 0.4) is 0 Å². The number of aldehydes is 1. The fourth-order valence-corrected chi connectivity index (χ4v) is 3.81. The van der Waals surface area contributed by atoms with Gasteiger partial charge in [-0.2, -0.15) is 5.26 Å². The molecule has 1 heterocycles. The van der Waals surface area contributed by atoms with Gasteiger partial charge in [-0.25, -0.2) is 0 Å². The minimum atomic E-state index is -0.192. The van der Waals surface area contributed by atoms with Gasteiger partial charge in [-0.05, 0) is 55.1 Å². The lowest BCUT2D eigenvalue weighted by Crippen LogP contribution is -2.35. The molecule has 3 rings (SSSR count). The van der Waals surface area contributed by atoms with E-state index >= 15 is 0 Å². The summed E-state index contributed by atoms with van der Waals surface area (Å²) in [5.41, 5.74) is 8.99. The van der Waals surface area contributed by atoms with Crippen molar-refractivity contribution < 1.29 is 9.90 Å². The number of nitriles is 1. The number of allylic oxidation sites excluding steroid dienone is 3. The third-order valence-electron chi connectivity index (χ3n) is 5.02. The van der Waals surface area contributed by atoms with E-state index in [-0.39, 0.29) is 12.1 Å². The Balaban J connectivity index is 0.000000235. The summed E-state index contributed by atoms with van der Waals surface area (Å²) in [4.78, 5) is 12.2. The minimum absolute atomic E-state index is 0.168. The molecule has 0 saturated carbocycles. The third-order valence-corrected chi connectivity index (χ3v) is 6.02. The van der Waals surface area contributed by atoms with Crippen molar-refractivity contribution in [2.45, 2.75) is 25.0 Å². The number of hydrogen-bond acceptors (Lipinski definition) is 7. The van der Waals surface area contributed by atoms with Crippen molar-refractivity contribution in [1.29, 1.82) is 5.26 Å². The Morgan fingerprint density at radius 2 is 1.97 bits per heavy atom. The fraction of sp³-hybridized carbons (Fsp3) is 0.333. The molecule has 1 aliphatic carbocycles. The molecule has 2 aliphatic rings. The molecular formula is C24H29ClN4O2S. The lowest BCUT2D eigenvalue weighted by atomic mass is 10.1. The zero-order valence-electron chi connectivity index (χ0n) is 18.1. The van der Waals surface area contributed by atoms with Crippen LogP contribution in [0, 0.1) is 11.3 Å². The molecule has 6 nitrogen and oxygen atoms in total. The van der Waals surface area contributed by atoms with Crippen LogP contribution < -0.4 is 11.1 Å². The molecule has 0 aromatic heterocycles. The van der Waals surface area contributed by atoms with Crippen LogP contribution in [-0.2, 0) is 4.79 Å². The third kappa shape index (κ3) is 8.21. The molecule has 4 N–H and O–H groups in total. The molecule has 1 aliphatic heterocycles. The molecule has 0 radical (unpaired) electrons. The van der Waals surface area contributed by atoms with E-state index in [0.29, 0.717) is 22.0 Å². The predicted octanol–water partition coefficient (Wildman–Crippen LogP) is 3.46. The highest BCUT2D eigenvalue weighted by molar-refractivity contribution is 8.02. The number of benzene rings is 1. The smallest absolute Gasteiger partial charge is 0.130 e. The number of rotatable bonds is 6. The van der Waals surface area contributed by atoms with Crippen molar-refractivity contribution in [2.75, 3.05) is 25.9 Å². The molecule has 1 fully saturated rings. The van der Waals surface area contributed by atoms with E-state index in [1.807, 2.05) is 37.4 Å². The first kappa shape index (κ1) is 25.8. The maximum atomic E-state index is 10.1. The van der Waals surface area contributed by atoms with Gasteiger partial charge in [-0.1, -0.05) is 35.9 Å². The number of hydrogen-bond donors (Lipinski definition) is 3. The molecular weight excluding hydrogens is 444 g/mol. The van der Waals surface area contributed by atoms with Crippen molar-refractivity contribution in [3.63, 3.8) is 0 Å². The average Bonchev–Trinajstić information content (AvgIpc) is 3.03. The first-order valence-electron chi connectivity index (χ1n) is 10.4. The van der Waals surface area contributed by atoms with E-state index in [1.54, 1.807) is 17.5 Å². The number of carbonyl (C=O) groups is 1. The number of likely N-dealkylation sites (N-methyl/N-ethyl adjacent to an activating group) is 1. The van der Waals surface area contributed by atoms with Crippen LogP contribution in [0.2, 0.25) is 5.02 Å². The number of carbonyl (C=O) groups excluding carboxylic acids is 1. The Bertz CT molecular complexity index is 911. The summed E-state index contributed by atoms with van der Waals surface area (Å²) in [5.74, 6) is 0.425. The van der Waals surface area contributed by atoms with Gasteiger partial charge < -0.3 is 25.9 Å². The van der Waals surface area contributed by atoms with Crippen molar-refractivity contribution in [3.8, 4) is 6.07 Å². The van der Waals surface area contributed by atoms with Gasteiger partial charge in [0.25, 0.3) is 0 Å². The molecule has 32 heavy (non-hydrogen) atoms. The number of aliphatic hydroxyl groups excluding tert-OH is 1. The van der Waals surface area contributed by atoms with Crippen LogP contribution in [0.4, 0.5) is 0 Å². The Morgan fingerprint density at radius 3 is 2.56 bits per heavy atom. The normalized spacial score (nSPS) is 19.1. The predicted molar refractivity (Wildman–Crippen MR) is 133 cm³/mol. The second-order valence-electron chi connectivity index (χ2n) is 7.24. The van der Waals surface area contributed by atoms with E-state index in [1.165, 1.54) is 11.8 Å². The van der Waals surface area contributed by atoms with Crippen molar-refractivity contribution >= 4 is 35.3 Å². The summed E-state index contributed by atoms with van der Waals surface area (Å²) < 4.78 is 0. The quantitative estimate of drug-likeness (QED) is 0.430. The first-order valence-corrected chi connectivity index (χ1v) is 11.8. The first-order chi connectivity index (χ1) is 15.5. The monoisotopic (exact) mass is 472 g/mol. The summed E-state index contributed by atoms with van der Waals surface area (Å²) in [5, 5.41) is 24.4. The lowest BCUT2D eigenvalue weighted by Gasteiger charge is -2.32. The van der Waals surface area contributed by atoms with Crippen LogP contribution in [0.1, 0.15) is 18.4 Å². The maximum absolute atomic E-state index is 10.1. The molecule has 8 heteroatoms. The summed E-state index contributed by atoms with van der Waals surface area (Å²) >= 11 is 7.10. The number of nitrogens with two attached hydrogens (primary N) is 1. The van der Waals surface area contributed by atoms with Crippen LogP contribution >= 0.6 is 23.4 Å². The van der Waals surface area contributed by atoms with Gasteiger partial charge in [-0.15, -0.1) is 11.8 Å². The van der Waals surface area contributed by atoms with E-state index in [4.69, 9.17) is 17.3 Å². The summed E-state index contributed by atoms with van der Waals surface area (Å²) in [6, 6.07) is 9.67.